The van der Waals surface area contributed by atoms with Crippen molar-refractivity contribution in [1.29, 1.82) is 0 Å². The molecule has 0 atom stereocenters. The largest absolute Gasteiger partial charge is 0.351 e. The summed E-state index contributed by atoms with van der Waals surface area (Å²) >= 11 is 6.15. The molecule has 0 saturated carbocycles. The van der Waals surface area contributed by atoms with E-state index in [-0.39, 0.29) is 22.3 Å². The van der Waals surface area contributed by atoms with Gasteiger partial charge in [-0.25, -0.2) is 0 Å². The second-order valence-corrected chi connectivity index (χ2v) is 5.41. The zero-order chi connectivity index (χ0) is 15.7. The third kappa shape index (κ3) is 2.34. The molecule has 2 aromatic rings. The molecule has 4 heteroatoms. The van der Waals surface area contributed by atoms with E-state index >= 15 is 0 Å². The Morgan fingerprint density at radius 1 is 0.909 bits per heavy atom. The van der Waals surface area contributed by atoms with Gasteiger partial charge in [-0.05, 0) is 18.1 Å². The fourth-order valence-corrected chi connectivity index (χ4v) is 2.78. The first-order chi connectivity index (χ1) is 10.6. The molecule has 0 radical (unpaired) electrons. The standard InChI is InChI=1S/C18H14ClNO2/c1-2-11-7-3-6-10-14(11)20-16-15(19)17(21)12-8-4-5-9-13(12)18(16)22/h3-10,20H,2H2,1H3. The zero-order valence-electron chi connectivity index (χ0n) is 12.0. The molecule has 1 aliphatic rings. The molecule has 0 fully saturated rings. The topological polar surface area (TPSA) is 46.2 Å². The molecule has 3 nitrogen and oxygen atoms in total. The summed E-state index contributed by atoms with van der Waals surface area (Å²) < 4.78 is 0. The Morgan fingerprint density at radius 3 is 2.18 bits per heavy atom. The molecular weight excluding hydrogens is 298 g/mol. The van der Waals surface area contributed by atoms with Crippen LogP contribution in [0.15, 0.2) is 59.3 Å². The fourth-order valence-electron chi connectivity index (χ4n) is 2.54. The number of para-hydroxylation sites is 1. The maximum absolute atomic E-state index is 12.6. The first-order valence-electron chi connectivity index (χ1n) is 7.06. The van der Waals surface area contributed by atoms with Crippen LogP contribution in [0.2, 0.25) is 0 Å². The summed E-state index contributed by atoms with van der Waals surface area (Å²) in [6, 6.07) is 14.4. The maximum atomic E-state index is 12.6. The second kappa shape index (κ2) is 5.78. The van der Waals surface area contributed by atoms with Gasteiger partial charge in [-0.3, -0.25) is 9.59 Å². The first kappa shape index (κ1) is 14.5. The van der Waals surface area contributed by atoms with E-state index in [1.165, 1.54) is 0 Å². The van der Waals surface area contributed by atoms with Gasteiger partial charge in [0.1, 0.15) is 10.7 Å². The van der Waals surface area contributed by atoms with E-state index in [0.717, 1.165) is 17.7 Å². The van der Waals surface area contributed by atoms with Crippen LogP contribution in [0.1, 0.15) is 33.2 Å². The minimum atomic E-state index is -0.326. The van der Waals surface area contributed by atoms with Crippen molar-refractivity contribution in [1.82, 2.24) is 0 Å². The minimum absolute atomic E-state index is 0.0605. The number of hydrogen-bond donors (Lipinski definition) is 1. The van der Waals surface area contributed by atoms with Crippen molar-refractivity contribution < 1.29 is 9.59 Å². The smallest absolute Gasteiger partial charge is 0.211 e. The number of ketones is 2. The van der Waals surface area contributed by atoms with Gasteiger partial charge in [0.2, 0.25) is 11.6 Å². The van der Waals surface area contributed by atoms with Crippen LogP contribution >= 0.6 is 11.6 Å². The van der Waals surface area contributed by atoms with E-state index < -0.39 is 0 Å². The maximum Gasteiger partial charge on any atom is 0.211 e. The normalized spacial score (nSPS) is 14.1. The highest BCUT2D eigenvalue weighted by atomic mass is 35.5. The number of anilines is 1. The molecule has 0 bridgehead atoms. The molecule has 1 aliphatic carbocycles. The monoisotopic (exact) mass is 311 g/mol. The lowest BCUT2D eigenvalue weighted by molar-refractivity contribution is 0.0982. The van der Waals surface area contributed by atoms with Crippen LogP contribution in [-0.4, -0.2) is 11.6 Å². The molecule has 0 aliphatic heterocycles. The van der Waals surface area contributed by atoms with Gasteiger partial charge in [0, 0.05) is 16.8 Å². The summed E-state index contributed by atoms with van der Waals surface area (Å²) in [6.45, 7) is 2.03. The van der Waals surface area contributed by atoms with Crippen molar-refractivity contribution >= 4 is 28.9 Å². The number of carbonyl (C=O) groups is 2. The van der Waals surface area contributed by atoms with Crippen molar-refractivity contribution in [3.05, 3.63) is 76.0 Å². The third-order valence-electron chi connectivity index (χ3n) is 3.72. The Balaban J connectivity index is 2.06. The zero-order valence-corrected chi connectivity index (χ0v) is 12.8. The average Bonchev–Trinajstić information content (AvgIpc) is 2.57. The summed E-state index contributed by atoms with van der Waals surface area (Å²) in [4.78, 5) is 25.0. The predicted octanol–water partition coefficient (Wildman–Crippen LogP) is 4.19. The lowest BCUT2D eigenvalue weighted by Crippen LogP contribution is -2.24. The number of benzene rings is 2. The molecule has 22 heavy (non-hydrogen) atoms. The van der Waals surface area contributed by atoms with Crippen LogP contribution in [0.25, 0.3) is 0 Å². The number of fused-ring (bicyclic) bond motifs is 1. The van der Waals surface area contributed by atoms with Crippen LogP contribution in [0.5, 0.6) is 0 Å². The second-order valence-electron chi connectivity index (χ2n) is 5.03. The Labute approximate surface area is 133 Å². The van der Waals surface area contributed by atoms with Gasteiger partial charge in [-0.15, -0.1) is 0 Å². The van der Waals surface area contributed by atoms with E-state index in [2.05, 4.69) is 5.32 Å². The molecule has 0 saturated heterocycles. The summed E-state index contributed by atoms with van der Waals surface area (Å²) in [6.07, 6.45) is 0.812. The number of allylic oxidation sites excluding steroid dienone is 2. The molecule has 1 N–H and O–H groups in total. The van der Waals surface area contributed by atoms with Crippen LogP contribution in [0, 0.1) is 0 Å². The third-order valence-corrected chi connectivity index (χ3v) is 4.08. The molecule has 3 rings (SSSR count). The summed E-state index contributed by atoms with van der Waals surface area (Å²) in [5.74, 6) is -0.584. The van der Waals surface area contributed by atoms with Crippen molar-refractivity contribution in [2.24, 2.45) is 0 Å². The molecule has 110 valence electrons. The minimum Gasteiger partial charge on any atom is -0.351 e. The van der Waals surface area contributed by atoms with Crippen LogP contribution < -0.4 is 5.32 Å². The predicted molar refractivity (Wildman–Crippen MR) is 87.4 cm³/mol. The molecule has 0 heterocycles. The molecule has 0 unspecified atom stereocenters. The van der Waals surface area contributed by atoms with Gasteiger partial charge in [0.05, 0.1) is 0 Å². The highest BCUT2D eigenvalue weighted by Crippen LogP contribution is 2.30. The van der Waals surface area contributed by atoms with Crippen LogP contribution in [0.3, 0.4) is 0 Å². The summed E-state index contributed by atoms with van der Waals surface area (Å²) in [5.41, 5.74) is 2.73. The van der Waals surface area contributed by atoms with Crippen LogP contribution in [0.4, 0.5) is 5.69 Å². The quantitative estimate of drug-likeness (QED) is 0.924. The number of aryl methyl sites for hydroxylation is 1. The van der Waals surface area contributed by atoms with Crippen molar-refractivity contribution in [2.45, 2.75) is 13.3 Å². The SMILES string of the molecule is CCc1ccccc1NC1=C(Cl)C(=O)c2ccccc2C1=O. The Kier molecular flexibility index (Phi) is 3.82. The Bertz CT molecular complexity index is 808. The lowest BCUT2D eigenvalue weighted by atomic mass is 9.92. The molecular formula is C18H14ClNO2. The number of hydrogen-bond acceptors (Lipinski definition) is 3. The molecule has 0 amide bonds. The molecule has 0 spiro atoms. The molecule has 2 aromatic carbocycles. The van der Waals surface area contributed by atoms with Gasteiger partial charge in [0.25, 0.3) is 0 Å². The number of nitrogens with one attached hydrogen (secondary N) is 1. The van der Waals surface area contributed by atoms with E-state index in [1.807, 2.05) is 31.2 Å². The van der Waals surface area contributed by atoms with Crippen molar-refractivity contribution in [3.63, 3.8) is 0 Å². The number of Topliss-reactive ketones (excluding diaryl/α,β-unsaturated/α-hetero) is 2. The fraction of sp³-hybridized carbons (Fsp3) is 0.111. The number of rotatable bonds is 3. The van der Waals surface area contributed by atoms with Gasteiger partial charge in [0.15, 0.2) is 0 Å². The van der Waals surface area contributed by atoms with E-state index in [0.29, 0.717) is 11.1 Å². The summed E-state index contributed by atoms with van der Waals surface area (Å²) in [7, 11) is 0. The van der Waals surface area contributed by atoms with E-state index in [9.17, 15) is 9.59 Å². The van der Waals surface area contributed by atoms with Gasteiger partial charge >= 0.3 is 0 Å². The lowest BCUT2D eigenvalue weighted by Gasteiger charge is -2.20. The van der Waals surface area contributed by atoms with Gasteiger partial charge in [-0.2, -0.15) is 0 Å². The highest BCUT2D eigenvalue weighted by Gasteiger charge is 2.31. The number of halogens is 1. The molecule has 0 aromatic heterocycles. The van der Waals surface area contributed by atoms with Crippen molar-refractivity contribution in [2.75, 3.05) is 5.32 Å². The first-order valence-corrected chi connectivity index (χ1v) is 7.44. The van der Waals surface area contributed by atoms with E-state index in [1.54, 1.807) is 24.3 Å². The number of carbonyl (C=O) groups excluding carboxylic acids is 2. The Hall–Kier alpha value is -2.39. The van der Waals surface area contributed by atoms with Gasteiger partial charge < -0.3 is 5.32 Å². The van der Waals surface area contributed by atoms with Crippen LogP contribution in [-0.2, 0) is 6.42 Å². The van der Waals surface area contributed by atoms with Gasteiger partial charge in [-0.1, -0.05) is 61.0 Å². The summed E-state index contributed by atoms with van der Waals surface area (Å²) in [5, 5.41) is 2.99. The van der Waals surface area contributed by atoms with Crippen molar-refractivity contribution in [3.8, 4) is 0 Å². The highest BCUT2D eigenvalue weighted by molar-refractivity contribution is 6.50. The van der Waals surface area contributed by atoms with E-state index in [4.69, 9.17) is 11.6 Å². The average molecular weight is 312 g/mol. The Morgan fingerprint density at radius 2 is 1.50 bits per heavy atom.